The molecule has 17 heavy (non-hydrogen) atoms. The van der Waals surface area contributed by atoms with E-state index in [2.05, 4.69) is 0 Å². The Balaban J connectivity index is 2.32. The molecule has 1 N–H and O–H groups in total. The van der Waals surface area contributed by atoms with Gasteiger partial charge in [0.25, 0.3) is 0 Å². The third-order valence-corrected chi connectivity index (χ3v) is 2.67. The number of hydrogen-bond donors (Lipinski definition) is 1. The predicted octanol–water partition coefficient (Wildman–Crippen LogP) is 2.68. The van der Waals surface area contributed by atoms with Gasteiger partial charge in [0.2, 0.25) is 0 Å². The molecule has 0 amide bonds. The molecule has 0 bridgehead atoms. The predicted molar refractivity (Wildman–Crippen MR) is 61.6 cm³/mol. The van der Waals surface area contributed by atoms with Gasteiger partial charge in [-0.2, -0.15) is 0 Å². The molecule has 0 atom stereocenters. The standard InChI is InChI=1S/C13H12FNO2/c1-9-2-7-12(13(16)17)15(9)8-10-3-5-11(14)6-4-10/h2-7H,8H2,1H3,(H,16,17). The maximum Gasteiger partial charge on any atom is 0.352 e. The van der Waals surface area contributed by atoms with Crippen molar-refractivity contribution in [3.8, 4) is 0 Å². The average Bonchev–Trinajstić information content (AvgIpc) is 2.64. The number of carboxylic acids is 1. The summed E-state index contributed by atoms with van der Waals surface area (Å²) in [6, 6.07) is 9.37. The number of carboxylic acid groups (broad SMARTS) is 1. The summed E-state index contributed by atoms with van der Waals surface area (Å²) in [5, 5.41) is 9.02. The fourth-order valence-electron chi connectivity index (χ4n) is 1.74. The summed E-state index contributed by atoms with van der Waals surface area (Å²) >= 11 is 0. The van der Waals surface area contributed by atoms with Gasteiger partial charge in [-0.05, 0) is 36.8 Å². The lowest BCUT2D eigenvalue weighted by Gasteiger charge is -2.09. The summed E-state index contributed by atoms with van der Waals surface area (Å²) in [4.78, 5) is 11.0. The van der Waals surface area contributed by atoms with E-state index in [-0.39, 0.29) is 11.5 Å². The topological polar surface area (TPSA) is 42.2 Å². The van der Waals surface area contributed by atoms with Crippen LogP contribution in [0.2, 0.25) is 0 Å². The molecule has 1 aromatic carbocycles. The number of aromatic carboxylic acids is 1. The van der Waals surface area contributed by atoms with Crippen LogP contribution in [0, 0.1) is 12.7 Å². The number of aromatic nitrogens is 1. The molecular weight excluding hydrogens is 221 g/mol. The van der Waals surface area contributed by atoms with Crippen LogP contribution in [0.5, 0.6) is 0 Å². The van der Waals surface area contributed by atoms with Gasteiger partial charge < -0.3 is 9.67 Å². The van der Waals surface area contributed by atoms with Crippen molar-refractivity contribution >= 4 is 5.97 Å². The number of hydrogen-bond acceptors (Lipinski definition) is 1. The molecule has 0 spiro atoms. The van der Waals surface area contributed by atoms with E-state index in [1.807, 2.05) is 6.92 Å². The first kappa shape index (κ1) is 11.4. The van der Waals surface area contributed by atoms with E-state index in [9.17, 15) is 9.18 Å². The zero-order valence-corrected chi connectivity index (χ0v) is 9.35. The highest BCUT2D eigenvalue weighted by atomic mass is 19.1. The van der Waals surface area contributed by atoms with Gasteiger partial charge in [-0.15, -0.1) is 0 Å². The van der Waals surface area contributed by atoms with Crippen LogP contribution >= 0.6 is 0 Å². The summed E-state index contributed by atoms with van der Waals surface area (Å²) in [6.45, 7) is 2.27. The summed E-state index contributed by atoms with van der Waals surface area (Å²) in [6.07, 6.45) is 0. The van der Waals surface area contributed by atoms with Gasteiger partial charge in [0, 0.05) is 12.2 Å². The van der Waals surface area contributed by atoms with Crippen molar-refractivity contribution in [3.63, 3.8) is 0 Å². The minimum absolute atomic E-state index is 0.242. The minimum Gasteiger partial charge on any atom is -0.477 e. The number of rotatable bonds is 3. The Kier molecular flexibility index (Phi) is 2.95. The Morgan fingerprint density at radius 1 is 1.24 bits per heavy atom. The zero-order valence-electron chi connectivity index (χ0n) is 9.35. The highest BCUT2D eigenvalue weighted by Crippen LogP contribution is 2.12. The van der Waals surface area contributed by atoms with Gasteiger partial charge in [0.05, 0.1) is 0 Å². The lowest BCUT2D eigenvalue weighted by molar-refractivity contribution is 0.0685. The lowest BCUT2D eigenvalue weighted by atomic mass is 10.2. The molecule has 0 aliphatic rings. The Hall–Kier alpha value is -2.10. The molecule has 0 saturated carbocycles. The van der Waals surface area contributed by atoms with Gasteiger partial charge >= 0.3 is 5.97 Å². The third-order valence-electron chi connectivity index (χ3n) is 2.67. The highest BCUT2D eigenvalue weighted by molar-refractivity contribution is 5.86. The van der Waals surface area contributed by atoms with Gasteiger partial charge in [-0.25, -0.2) is 9.18 Å². The largest absolute Gasteiger partial charge is 0.477 e. The van der Waals surface area contributed by atoms with Crippen molar-refractivity contribution in [2.24, 2.45) is 0 Å². The van der Waals surface area contributed by atoms with E-state index in [0.29, 0.717) is 6.54 Å². The molecule has 0 radical (unpaired) electrons. The number of nitrogens with zero attached hydrogens (tertiary/aromatic N) is 1. The maximum absolute atomic E-state index is 12.8. The normalized spacial score (nSPS) is 10.5. The first-order valence-electron chi connectivity index (χ1n) is 5.22. The molecule has 0 unspecified atom stereocenters. The van der Waals surface area contributed by atoms with Gasteiger partial charge in [-0.3, -0.25) is 0 Å². The van der Waals surface area contributed by atoms with E-state index in [0.717, 1.165) is 11.3 Å². The third kappa shape index (κ3) is 2.36. The second-order valence-electron chi connectivity index (χ2n) is 3.88. The van der Waals surface area contributed by atoms with Gasteiger partial charge in [-0.1, -0.05) is 12.1 Å². The minimum atomic E-state index is -0.958. The van der Waals surface area contributed by atoms with Gasteiger partial charge in [0.15, 0.2) is 0 Å². The summed E-state index contributed by atoms with van der Waals surface area (Å²) in [5.41, 5.74) is 1.98. The maximum atomic E-state index is 12.8. The molecule has 2 rings (SSSR count). The van der Waals surface area contributed by atoms with E-state index in [4.69, 9.17) is 5.11 Å². The highest BCUT2D eigenvalue weighted by Gasteiger charge is 2.11. The Morgan fingerprint density at radius 3 is 2.47 bits per heavy atom. The Labute approximate surface area is 98.1 Å². The van der Waals surface area contributed by atoms with Crippen molar-refractivity contribution in [3.05, 3.63) is 59.2 Å². The van der Waals surface area contributed by atoms with Crippen LogP contribution in [0.3, 0.4) is 0 Å². The smallest absolute Gasteiger partial charge is 0.352 e. The molecule has 2 aromatic rings. The lowest BCUT2D eigenvalue weighted by Crippen LogP contribution is -2.10. The van der Waals surface area contributed by atoms with Crippen molar-refractivity contribution in [2.45, 2.75) is 13.5 Å². The molecule has 4 heteroatoms. The van der Waals surface area contributed by atoms with Gasteiger partial charge in [0.1, 0.15) is 11.5 Å². The molecule has 0 aliphatic carbocycles. The quantitative estimate of drug-likeness (QED) is 0.885. The fourth-order valence-corrected chi connectivity index (χ4v) is 1.74. The second kappa shape index (κ2) is 4.41. The van der Waals surface area contributed by atoms with Crippen LogP contribution in [-0.4, -0.2) is 15.6 Å². The molecule has 1 heterocycles. The van der Waals surface area contributed by atoms with Crippen molar-refractivity contribution in [1.29, 1.82) is 0 Å². The molecule has 0 aliphatic heterocycles. The molecule has 3 nitrogen and oxygen atoms in total. The molecule has 0 saturated heterocycles. The zero-order chi connectivity index (χ0) is 12.4. The summed E-state index contributed by atoms with van der Waals surface area (Å²) in [7, 11) is 0. The molecule has 0 fully saturated rings. The number of aryl methyl sites for hydroxylation is 1. The van der Waals surface area contributed by atoms with E-state index >= 15 is 0 Å². The summed E-state index contributed by atoms with van der Waals surface area (Å²) in [5.74, 6) is -1.25. The second-order valence-corrected chi connectivity index (χ2v) is 3.88. The van der Waals surface area contributed by atoms with Crippen LogP contribution in [0.25, 0.3) is 0 Å². The Morgan fingerprint density at radius 2 is 1.88 bits per heavy atom. The average molecular weight is 233 g/mol. The van der Waals surface area contributed by atoms with E-state index in [1.54, 1.807) is 28.8 Å². The molecular formula is C13H12FNO2. The van der Waals surface area contributed by atoms with Crippen molar-refractivity contribution in [2.75, 3.05) is 0 Å². The van der Waals surface area contributed by atoms with Crippen LogP contribution < -0.4 is 0 Å². The van der Waals surface area contributed by atoms with Crippen LogP contribution in [0.15, 0.2) is 36.4 Å². The van der Waals surface area contributed by atoms with Crippen LogP contribution in [-0.2, 0) is 6.54 Å². The summed E-state index contributed by atoms with van der Waals surface area (Å²) < 4.78 is 14.4. The fraction of sp³-hybridized carbons (Fsp3) is 0.154. The van der Waals surface area contributed by atoms with Crippen LogP contribution in [0.1, 0.15) is 21.7 Å². The van der Waals surface area contributed by atoms with E-state index < -0.39 is 5.97 Å². The number of benzene rings is 1. The number of halogens is 1. The number of carbonyl (C=O) groups is 1. The van der Waals surface area contributed by atoms with Crippen molar-refractivity contribution < 1.29 is 14.3 Å². The van der Waals surface area contributed by atoms with E-state index in [1.165, 1.54) is 12.1 Å². The van der Waals surface area contributed by atoms with Crippen molar-refractivity contribution in [1.82, 2.24) is 4.57 Å². The first-order chi connectivity index (χ1) is 8.08. The molecule has 88 valence electrons. The Bertz CT molecular complexity index is 543. The van der Waals surface area contributed by atoms with Crippen LogP contribution in [0.4, 0.5) is 4.39 Å². The molecule has 1 aromatic heterocycles. The SMILES string of the molecule is Cc1ccc(C(=O)O)n1Cc1ccc(F)cc1. The first-order valence-corrected chi connectivity index (χ1v) is 5.22. The monoisotopic (exact) mass is 233 g/mol.